The number of hydrogen-bond donors (Lipinski definition) is 2. The van der Waals surface area contributed by atoms with Crippen molar-refractivity contribution in [2.75, 3.05) is 17.2 Å². The molecule has 0 atom stereocenters. The normalized spacial score (nSPS) is 10.3. The highest BCUT2D eigenvalue weighted by atomic mass is 16.1. The molecule has 2 N–H and O–H groups in total. The van der Waals surface area contributed by atoms with Crippen LogP contribution in [-0.4, -0.2) is 12.5 Å². The maximum absolute atomic E-state index is 12.8. The number of amides is 1. The second-order valence-corrected chi connectivity index (χ2v) is 5.97. The fraction of sp³-hybridized carbons (Fsp3) is 0.136. The van der Waals surface area contributed by atoms with Gasteiger partial charge in [0.1, 0.15) is 0 Å². The van der Waals surface area contributed by atoms with E-state index in [4.69, 9.17) is 0 Å². The predicted molar refractivity (Wildman–Crippen MR) is 105 cm³/mol. The van der Waals surface area contributed by atoms with E-state index in [0.29, 0.717) is 5.56 Å². The van der Waals surface area contributed by atoms with E-state index in [0.717, 1.165) is 29.0 Å². The SMILES string of the molecule is CCNc1ccc(NC(=O)c2ccccc2-c2ccc(C)cc2)cc1. The van der Waals surface area contributed by atoms with Crippen molar-refractivity contribution in [2.45, 2.75) is 13.8 Å². The van der Waals surface area contributed by atoms with Gasteiger partial charge >= 0.3 is 0 Å². The molecule has 0 aliphatic carbocycles. The largest absolute Gasteiger partial charge is 0.385 e. The summed E-state index contributed by atoms with van der Waals surface area (Å²) in [6.45, 7) is 4.98. The number of anilines is 2. The van der Waals surface area contributed by atoms with Crippen LogP contribution in [0.4, 0.5) is 11.4 Å². The standard InChI is InChI=1S/C22H22N2O/c1-3-23-18-12-14-19(15-13-18)24-22(25)21-7-5-4-6-20(21)17-10-8-16(2)9-11-17/h4-15,23H,3H2,1-2H3,(H,24,25). The Morgan fingerprint density at radius 1 is 0.840 bits per heavy atom. The summed E-state index contributed by atoms with van der Waals surface area (Å²) in [5.41, 5.74) is 5.67. The molecule has 0 aliphatic rings. The van der Waals surface area contributed by atoms with Gasteiger partial charge in [-0.1, -0.05) is 48.0 Å². The zero-order chi connectivity index (χ0) is 17.6. The molecule has 1 amide bonds. The fourth-order valence-corrected chi connectivity index (χ4v) is 2.74. The Kier molecular flexibility index (Phi) is 5.14. The van der Waals surface area contributed by atoms with Gasteiger partial charge in [-0.05, 0) is 55.3 Å². The Balaban J connectivity index is 1.84. The van der Waals surface area contributed by atoms with Crippen molar-refractivity contribution in [3.05, 3.63) is 83.9 Å². The molecule has 0 aliphatic heterocycles. The van der Waals surface area contributed by atoms with Crippen LogP contribution in [0.25, 0.3) is 11.1 Å². The minimum Gasteiger partial charge on any atom is -0.385 e. The average Bonchev–Trinajstić information content (AvgIpc) is 2.64. The third-order valence-electron chi connectivity index (χ3n) is 4.06. The number of benzene rings is 3. The van der Waals surface area contributed by atoms with Crippen molar-refractivity contribution in [3.8, 4) is 11.1 Å². The zero-order valence-corrected chi connectivity index (χ0v) is 14.5. The summed E-state index contributed by atoms with van der Waals surface area (Å²) in [6.07, 6.45) is 0. The van der Waals surface area contributed by atoms with Crippen molar-refractivity contribution >= 4 is 17.3 Å². The third kappa shape index (κ3) is 4.07. The van der Waals surface area contributed by atoms with Crippen LogP contribution in [0.5, 0.6) is 0 Å². The van der Waals surface area contributed by atoms with E-state index in [2.05, 4.69) is 36.6 Å². The van der Waals surface area contributed by atoms with E-state index in [-0.39, 0.29) is 5.91 Å². The average molecular weight is 330 g/mol. The molecular formula is C22H22N2O. The van der Waals surface area contributed by atoms with Crippen LogP contribution < -0.4 is 10.6 Å². The maximum atomic E-state index is 12.8. The molecule has 0 spiro atoms. The molecule has 0 saturated heterocycles. The number of carbonyl (C=O) groups excluding carboxylic acids is 1. The molecule has 0 fully saturated rings. The van der Waals surface area contributed by atoms with Gasteiger partial charge in [-0.2, -0.15) is 0 Å². The first-order valence-corrected chi connectivity index (χ1v) is 8.48. The van der Waals surface area contributed by atoms with E-state index in [1.807, 2.05) is 60.7 Å². The summed E-state index contributed by atoms with van der Waals surface area (Å²) in [5, 5.41) is 6.22. The van der Waals surface area contributed by atoms with Gasteiger partial charge in [-0.25, -0.2) is 0 Å². The van der Waals surface area contributed by atoms with Gasteiger partial charge < -0.3 is 10.6 Å². The molecule has 0 aromatic heterocycles. The first kappa shape index (κ1) is 16.8. The highest BCUT2D eigenvalue weighted by Crippen LogP contribution is 2.25. The molecule has 3 aromatic carbocycles. The highest BCUT2D eigenvalue weighted by Gasteiger charge is 2.12. The fourth-order valence-electron chi connectivity index (χ4n) is 2.74. The summed E-state index contributed by atoms with van der Waals surface area (Å²) >= 11 is 0. The van der Waals surface area contributed by atoms with Crippen LogP contribution in [0.3, 0.4) is 0 Å². The molecule has 3 rings (SSSR count). The topological polar surface area (TPSA) is 41.1 Å². The van der Waals surface area contributed by atoms with Crippen molar-refractivity contribution < 1.29 is 4.79 Å². The minimum absolute atomic E-state index is 0.104. The summed E-state index contributed by atoms with van der Waals surface area (Å²) < 4.78 is 0. The quantitative estimate of drug-likeness (QED) is 0.662. The van der Waals surface area contributed by atoms with Crippen LogP contribution in [0.2, 0.25) is 0 Å². The van der Waals surface area contributed by atoms with E-state index >= 15 is 0 Å². The van der Waals surface area contributed by atoms with Crippen molar-refractivity contribution in [2.24, 2.45) is 0 Å². The van der Waals surface area contributed by atoms with E-state index in [1.54, 1.807) is 0 Å². The van der Waals surface area contributed by atoms with Crippen LogP contribution in [0, 0.1) is 6.92 Å². The number of hydrogen-bond acceptors (Lipinski definition) is 2. The maximum Gasteiger partial charge on any atom is 0.256 e. The van der Waals surface area contributed by atoms with Crippen molar-refractivity contribution in [3.63, 3.8) is 0 Å². The smallest absolute Gasteiger partial charge is 0.256 e. The minimum atomic E-state index is -0.104. The molecule has 3 heteroatoms. The van der Waals surface area contributed by atoms with Crippen LogP contribution in [0.1, 0.15) is 22.8 Å². The lowest BCUT2D eigenvalue weighted by atomic mass is 9.98. The lowest BCUT2D eigenvalue weighted by molar-refractivity contribution is 0.102. The molecule has 0 unspecified atom stereocenters. The van der Waals surface area contributed by atoms with Crippen LogP contribution >= 0.6 is 0 Å². The molecule has 25 heavy (non-hydrogen) atoms. The molecule has 3 nitrogen and oxygen atoms in total. The van der Waals surface area contributed by atoms with Gasteiger partial charge in [-0.3, -0.25) is 4.79 Å². The number of rotatable bonds is 5. The second-order valence-electron chi connectivity index (χ2n) is 5.97. The molecule has 0 saturated carbocycles. The van der Waals surface area contributed by atoms with E-state index < -0.39 is 0 Å². The summed E-state index contributed by atoms with van der Waals surface area (Å²) in [5.74, 6) is -0.104. The Labute approximate surface area is 148 Å². The Morgan fingerprint density at radius 2 is 1.48 bits per heavy atom. The first-order valence-electron chi connectivity index (χ1n) is 8.48. The number of aryl methyl sites for hydroxylation is 1. The molecule has 126 valence electrons. The van der Waals surface area contributed by atoms with Gasteiger partial charge in [0.15, 0.2) is 0 Å². The monoisotopic (exact) mass is 330 g/mol. The summed E-state index contributed by atoms with van der Waals surface area (Å²) in [7, 11) is 0. The summed E-state index contributed by atoms with van der Waals surface area (Å²) in [4.78, 5) is 12.8. The van der Waals surface area contributed by atoms with Gasteiger partial charge in [0.05, 0.1) is 0 Å². The van der Waals surface area contributed by atoms with Crippen molar-refractivity contribution in [1.82, 2.24) is 0 Å². The van der Waals surface area contributed by atoms with Crippen LogP contribution in [-0.2, 0) is 0 Å². The van der Waals surface area contributed by atoms with Gasteiger partial charge in [0.25, 0.3) is 5.91 Å². The molecule has 0 bridgehead atoms. The number of nitrogens with one attached hydrogen (secondary N) is 2. The molecule has 3 aromatic rings. The lowest BCUT2D eigenvalue weighted by Gasteiger charge is -2.11. The van der Waals surface area contributed by atoms with E-state index in [1.165, 1.54) is 5.56 Å². The van der Waals surface area contributed by atoms with Gasteiger partial charge in [0, 0.05) is 23.5 Å². The summed E-state index contributed by atoms with van der Waals surface area (Å²) in [6, 6.07) is 23.6. The number of carbonyl (C=O) groups is 1. The molecular weight excluding hydrogens is 308 g/mol. The first-order chi connectivity index (χ1) is 12.2. The molecule has 0 radical (unpaired) electrons. The Hall–Kier alpha value is -3.07. The second kappa shape index (κ2) is 7.67. The van der Waals surface area contributed by atoms with Gasteiger partial charge in [0.2, 0.25) is 0 Å². The molecule has 0 heterocycles. The van der Waals surface area contributed by atoms with Crippen LogP contribution in [0.15, 0.2) is 72.8 Å². The van der Waals surface area contributed by atoms with E-state index in [9.17, 15) is 4.79 Å². The lowest BCUT2D eigenvalue weighted by Crippen LogP contribution is -2.13. The Morgan fingerprint density at radius 3 is 2.16 bits per heavy atom. The highest BCUT2D eigenvalue weighted by molar-refractivity contribution is 6.08. The third-order valence-corrected chi connectivity index (χ3v) is 4.06. The van der Waals surface area contributed by atoms with Gasteiger partial charge in [-0.15, -0.1) is 0 Å². The predicted octanol–water partition coefficient (Wildman–Crippen LogP) is 5.35. The zero-order valence-electron chi connectivity index (χ0n) is 14.5. The van der Waals surface area contributed by atoms with Crippen molar-refractivity contribution in [1.29, 1.82) is 0 Å². The Bertz CT molecular complexity index is 852.